The van der Waals surface area contributed by atoms with Gasteiger partial charge in [-0.15, -0.1) is 0 Å². The van der Waals surface area contributed by atoms with Crippen LogP contribution in [0.15, 0.2) is 82.8 Å². The molecule has 442 valence electrons. The maximum absolute atomic E-state index is 14.5. The molecule has 8 fully saturated rings. The number of benzene rings is 4. The lowest BCUT2D eigenvalue weighted by molar-refractivity contribution is -0.108. The minimum Gasteiger partial charge on any atom is -0.497 e. The van der Waals surface area contributed by atoms with Crippen molar-refractivity contribution in [1.82, 2.24) is 30.2 Å². The van der Waals surface area contributed by atoms with Gasteiger partial charge in [0.05, 0.1) is 41.4 Å². The first-order chi connectivity index (χ1) is 39.6. The lowest BCUT2D eigenvalue weighted by atomic mass is 9.45. The number of nitrogens with one attached hydrogen (secondary N) is 4. The molecule has 83 heavy (non-hydrogen) atoms. The fourth-order valence-electron chi connectivity index (χ4n) is 15.0. The van der Waals surface area contributed by atoms with Crippen LogP contribution in [-0.2, 0) is 12.8 Å². The van der Waals surface area contributed by atoms with E-state index in [1.54, 1.807) is 36.4 Å². The van der Waals surface area contributed by atoms with E-state index in [-0.39, 0.29) is 55.4 Å². The number of guanidine groups is 2. The summed E-state index contributed by atoms with van der Waals surface area (Å²) in [6, 6.07) is 19.6. The van der Waals surface area contributed by atoms with Crippen LogP contribution in [-0.4, -0.2) is 139 Å². The largest absolute Gasteiger partial charge is 0.497 e. The van der Waals surface area contributed by atoms with Gasteiger partial charge in [0, 0.05) is 87.9 Å². The van der Waals surface area contributed by atoms with Crippen molar-refractivity contribution in [2.75, 3.05) is 70.1 Å². The summed E-state index contributed by atoms with van der Waals surface area (Å²) in [7, 11) is 1.48. The zero-order valence-corrected chi connectivity index (χ0v) is 49.5. The highest BCUT2D eigenvalue weighted by atomic mass is 19.1. The average Bonchev–Trinajstić information content (AvgIpc) is 3.69. The standard InChI is InChI=1S/C33H42FN5O3.C32H39F2N5O2/c1-19-18-38(13-11-35-19)32(37-29-15-22-14-27(20(29)2)33(22,3)4)36-23-7-9-25-26(16-23)31(41)39(30(25)40)12-10-21-6-8-24(42-5)17-28(21)34;1-18-17-38(12-10-35-18)31(37-28-14-21-13-26(19(28)2)32(21,3)4)36-23-7-8-24-25(16-23)30(41)39(29(24)40)11-9-20-5-6-22(33)15-27(20)34/h6-9,16-17,19-20,22,27,29,35H,10-15,18H2,1-5H3,(H,36,37);5-8,15-16,18-19,21,26,28,35H,9-14,17H2,1-4H3,(H,36,37)/t19-,20-,22?,27-,29-;18?,19-,21+,26-,28-/m00/s1. The number of carbonyl (C=O) groups is 4. The van der Waals surface area contributed by atoms with E-state index in [9.17, 15) is 32.3 Å². The van der Waals surface area contributed by atoms with E-state index in [0.717, 1.165) is 80.7 Å². The average molecular weight is 1140 g/mol. The Kier molecular flexibility index (Phi) is 16.1. The molecule has 0 spiro atoms. The van der Waals surface area contributed by atoms with Gasteiger partial charge < -0.3 is 35.8 Å². The molecule has 10 atom stereocenters. The zero-order chi connectivity index (χ0) is 58.8. The maximum atomic E-state index is 14.5. The van der Waals surface area contributed by atoms with Crippen LogP contribution >= 0.6 is 0 Å². The first-order valence-corrected chi connectivity index (χ1v) is 30.0. The Bertz CT molecular complexity index is 3260. The van der Waals surface area contributed by atoms with Crippen molar-refractivity contribution in [3.8, 4) is 5.75 Å². The second-order valence-electron chi connectivity index (χ2n) is 26.0. The fourth-order valence-corrected chi connectivity index (χ4v) is 15.0. The predicted molar refractivity (Wildman–Crippen MR) is 316 cm³/mol. The molecule has 0 aromatic heterocycles. The highest BCUT2D eigenvalue weighted by Crippen LogP contribution is 2.63. The Morgan fingerprint density at radius 3 is 1.41 bits per heavy atom. The van der Waals surface area contributed by atoms with Gasteiger partial charge >= 0.3 is 0 Å². The van der Waals surface area contributed by atoms with Crippen molar-refractivity contribution < 1.29 is 37.1 Å². The van der Waals surface area contributed by atoms with Crippen molar-refractivity contribution in [1.29, 1.82) is 0 Å². The summed E-state index contributed by atoms with van der Waals surface area (Å²) in [5.74, 6) is 2.56. The molecule has 4 heterocycles. The number of aliphatic imine (C=N–C) groups is 2. The molecule has 4 N–H and O–H groups in total. The lowest BCUT2D eigenvalue weighted by Crippen LogP contribution is -2.57. The summed E-state index contributed by atoms with van der Waals surface area (Å²) in [4.78, 5) is 70.5. The topological polar surface area (TPSA) is 163 Å². The van der Waals surface area contributed by atoms with E-state index in [1.807, 2.05) is 12.1 Å². The summed E-state index contributed by atoms with van der Waals surface area (Å²) in [5, 5.41) is 14.1. The third-order valence-corrected chi connectivity index (χ3v) is 20.5. The number of hydrogen-bond acceptors (Lipinski definition) is 9. The van der Waals surface area contributed by atoms with Crippen molar-refractivity contribution in [2.45, 2.75) is 118 Å². The number of carbonyl (C=O) groups excluding carboxylic acids is 4. The van der Waals surface area contributed by atoms with Gasteiger partial charge in [-0.25, -0.2) is 23.2 Å². The molecule has 15 nitrogen and oxygen atoms in total. The van der Waals surface area contributed by atoms with Gasteiger partial charge in [-0.3, -0.25) is 29.0 Å². The summed E-state index contributed by atoms with van der Waals surface area (Å²) in [6.07, 6.45) is 5.10. The van der Waals surface area contributed by atoms with Gasteiger partial charge in [0.25, 0.3) is 23.6 Å². The van der Waals surface area contributed by atoms with Crippen LogP contribution in [0, 0.1) is 63.8 Å². The van der Waals surface area contributed by atoms with Gasteiger partial charge in [-0.05, 0) is 158 Å². The number of piperazine rings is 2. The number of nitrogens with zero attached hydrogens (tertiary/aromatic N) is 6. The number of amides is 4. The van der Waals surface area contributed by atoms with Crippen LogP contribution in [0.5, 0.6) is 5.75 Å². The number of fused-ring (bicyclic) bond motifs is 6. The van der Waals surface area contributed by atoms with Crippen molar-refractivity contribution in [3.63, 3.8) is 0 Å². The summed E-state index contributed by atoms with van der Waals surface area (Å²) < 4.78 is 47.0. The molecule has 0 radical (unpaired) electrons. The molecule has 6 aliphatic carbocycles. The molecule has 10 aliphatic rings. The van der Waals surface area contributed by atoms with Crippen molar-refractivity contribution in [3.05, 3.63) is 124 Å². The second-order valence-corrected chi connectivity index (χ2v) is 26.0. The van der Waals surface area contributed by atoms with Crippen LogP contribution in [0.25, 0.3) is 0 Å². The highest BCUT2D eigenvalue weighted by Gasteiger charge is 2.57. The van der Waals surface area contributed by atoms with Crippen molar-refractivity contribution >= 4 is 46.9 Å². The first-order valence-electron chi connectivity index (χ1n) is 30.0. The quantitative estimate of drug-likeness (QED) is 0.0643. The minimum absolute atomic E-state index is 0.0152. The number of methoxy groups -OCH3 is 1. The monoisotopic (exact) mass is 1140 g/mol. The van der Waals surface area contributed by atoms with E-state index in [0.29, 0.717) is 97.7 Å². The van der Waals surface area contributed by atoms with Gasteiger partial charge in [-0.1, -0.05) is 53.7 Å². The molecule has 4 aromatic rings. The van der Waals surface area contributed by atoms with Gasteiger partial charge in [0.15, 0.2) is 11.9 Å². The number of ether oxygens (including phenoxy) is 1. The van der Waals surface area contributed by atoms with E-state index in [2.05, 4.69) is 86.5 Å². The van der Waals surface area contributed by atoms with Gasteiger partial charge in [0.1, 0.15) is 23.2 Å². The number of hydrogen-bond donors (Lipinski definition) is 4. The minimum atomic E-state index is -0.685. The molecule has 4 amide bonds. The number of imide groups is 2. The number of halogens is 3. The van der Waals surface area contributed by atoms with E-state index in [4.69, 9.17) is 14.7 Å². The van der Waals surface area contributed by atoms with Crippen LogP contribution in [0.1, 0.15) is 134 Å². The van der Waals surface area contributed by atoms with Crippen LogP contribution in [0.2, 0.25) is 0 Å². The Hall–Kier alpha value is -6.79. The normalized spacial score (nSPS) is 28.7. The predicted octanol–water partition coefficient (Wildman–Crippen LogP) is 9.74. The van der Waals surface area contributed by atoms with Crippen molar-refractivity contribution in [2.24, 2.45) is 56.3 Å². The Balaban J connectivity index is 0.000000174. The molecular weight excluding hydrogens is 1060 g/mol. The molecule has 4 bridgehead atoms. The van der Waals surface area contributed by atoms with E-state index >= 15 is 0 Å². The Morgan fingerprint density at radius 1 is 0.578 bits per heavy atom. The molecular formula is C65H81F3N10O5. The molecule has 4 aliphatic heterocycles. The molecule has 14 rings (SSSR count). The summed E-state index contributed by atoms with van der Waals surface area (Å²) in [6.45, 7) is 23.8. The van der Waals surface area contributed by atoms with Gasteiger partial charge in [0.2, 0.25) is 0 Å². The van der Waals surface area contributed by atoms with Crippen LogP contribution < -0.4 is 26.0 Å². The zero-order valence-electron chi connectivity index (χ0n) is 49.5. The smallest absolute Gasteiger partial charge is 0.261 e. The van der Waals surface area contributed by atoms with E-state index in [1.165, 1.54) is 43.1 Å². The first kappa shape index (κ1) is 58.0. The SMILES string of the molecule is CC1CN(C(=N[C@H]2C[C@H]3C[C@@H]([C@@H]2C)C3(C)C)Nc2ccc3c(c2)C(=O)N(CCc2ccc(F)cc2F)C3=O)CCN1.COc1ccc(CCN2C(=O)c3ccc(NC(=N[C@H]4CC5C[C@@H]([C@@H]4C)C5(C)C)N4CCN[C@@H](C)C4)cc3C2=O)c(F)c1. The third-order valence-electron chi connectivity index (χ3n) is 20.5. The van der Waals surface area contributed by atoms with Gasteiger partial charge in [-0.2, -0.15) is 0 Å². The summed E-state index contributed by atoms with van der Waals surface area (Å²) in [5.41, 5.74) is 4.28. The van der Waals surface area contributed by atoms with Crippen LogP contribution in [0.3, 0.4) is 0 Å². The molecule has 2 unspecified atom stereocenters. The second kappa shape index (κ2) is 23.0. The van der Waals surface area contributed by atoms with E-state index < -0.39 is 29.3 Å². The molecule has 6 saturated carbocycles. The molecule has 2 saturated heterocycles. The molecule has 4 aromatic carbocycles. The molecule has 18 heteroatoms. The highest BCUT2D eigenvalue weighted by molar-refractivity contribution is 6.22. The lowest BCUT2D eigenvalue weighted by Gasteiger charge is -2.61. The Morgan fingerprint density at radius 2 is 1.01 bits per heavy atom. The number of anilines is 2. The summed E-state index contributed by atoms with van der Waals surface area (Å²) >= 11 is 0. The maximum Gasteiger partial charge on any atom is 0.261 e. The van der Waals surface area contributed by atoms with Crippen LogP contribution in [0.4, 0.5) is 24.5 Å². The third kappa shape index (κ3) is 11.3. The fraction of sp³-hybridized carbons (Fsp3) is 0.538. The number of rotatable bonds is 11. The Labute approximate surface area is 486 Å².